The number of rotatable bonds is 5. The zero-order valence-corrected chi connectivity index (χ0v) is 12.8. The lowest BCUT2D eigenvalue weighted by molar-refractivity contribution is 0.0747. The van der Waals surface area contributed by atoms with Gasteiger partial charge in [0, 0.05) is 32.4 Å². The molecule has 1 aliphatic rings. The highest BCUT2D eigenvalue weighted by Crippen LogP contribution is 2.20. The Balaban J connectivity index is 2.02. The quantitative estimate of drug-likeness (QED) is 0.829. The van der Waals surface area contributed by atoms with Crippen LogP contribution in [0.3, 0.4) is 0 Å². The molecule has 4 heteroatoms. The minimum Gasteiger partial charge on any atom is -0.360 e. The molecule has 1 aromatic heterocycles. The van der Waals surface area contributed by atoms with Crippen molar-refractivity contribution in [3.63, 3.8) is 0 Å². The lowest BCUT2D eigenvalue weighted by atomic mass is 10.2. The summed E-state index contributed by atoms with van der Waals surface area (Å²) in [6, 6.07) is 4.20. The van der Waals surface area contributed by atoms with E-state index in [0.717, 1.165) is 38.2 Å². The second-order valence-corrected chi connectivity index (χ2v) is 5.67. The van der Waals surface area contributed by atoms with Crippen molar-refractivity contribution in [2.75, 3.05) is 25.0 Å². The van der Waals surface area contributed by atoms with E-state index in [9.17, 15) is 4.79 Å². The van der Waals surface area contributed by atoms with Gasteiger partial charge in [0.25, 0.3) is 5.91 Å². The molecule has 1 atom stereocenters. The topological polar surface area (TPSA) is 36.4 Å². The largest absolute Gasteiger partial charge is 0.360 e. The number of carbonyl (C=O) groups excluding carboxylic acids is 1. The van der Waals surface area contributed by atoms with Crippen LogP contribution in [0.15, 0.2) is 18.3 Å². The molecule has 0 N–H and O–H groups in total. The second kappa shape index (κ2) is 6.73. The van der Waals surface area contributed by atoms with Gasteiger partial charge in [0.1, 0.15) is 5.82 Å². The van der Waals surface area contributed by atoms with Crippen LogP contribution in [-0.4, -0.2) is 42.0 Å². The second-order valence-electron chi connectivity index (χ2n) is 5.67. The summed E-state index contributed by atoms with van der Waals surface area (Å²) in [4.78, 5) is 20.9. The van der Waals surface area contributed by atoms with Crippen molar-refractivity contribution in [2.45, 2.75) is 45.6 Å². The molecule has 0 saturated carbocycles. The summed E-state index contributed by atoms with van der Waals surface area (Å²) in [5.74, 6) is 1.05. The maximum absolute atomic E-state index is 12.4. The number of pyridine rings is 1. The third-order valence-electron chi connectivity index (χ3n) is 4.05. The van der Waals surface area contributed by atoms with Crippen molar-refractivity contribution in [2.24, 2.45) is 0 Å². The number of hydrogen-bond donors (Lipinski definition) is 0. The number of nitrogens with zero attached hydrogens (tertiary/aromatic N) is 3. The minimum absolute atomic E-state index is 0.116. The van der Waals surface area contributed by atoms with Crippen molar-refractivity contribution >= 4 is 11.7 Å². The number of likely N-dealkylation sites (tertiary alicyclic amines) is 1. The first-order valence-corrected chi connectivity index (χ1v) is 7.61. The molecule has 1 aliphatic heterocycles. The van der Waals surface area contributed by atoms with Crippen LogP contribution in [-0.2, 0) is 0 Å². The molecule has 0 aromatic carbocycles. The highest BCUT2D eigenvalue weighted by atomic mass is 16.2. The van der Waals surface area contributed by atoms with Gasteiger partial charge in [-0.15, -0.1) is 0 Å². The van der Waals surface area contributed by atoms with Gasteiger partial charge in [0.15, 0.2) is 0 Å². The normalized spacial score (nSPS) is 18.4. The van der Waals surface area contributed by atoms with Gasteiger partial charge in [-0.3, -0.25) is 4.79 Å². The smallest absolute Gasteiger partial charge is 0.255 e. The average molecular weight is 275 g/mol. The van der Waals surface area contributed by atoms with Gasteiger partial charge in [0.05, 0.1) is 5.56 Å². The summed E-state index contributed by atoms with van der Waals surface area (Å²) in [5, 5.41) is 0. The number of anilines is 1. The average Bonchev–Trinajstić information content (AvgIpc) is 2.90. The van der Waals surface area contributed by atoms with Crippen LogP contribution in [0, 0.1) is 0 Å². The van der Waals surface area contributed by atoms with Crippen LogP contribution >= 0.6 is 0 Å². The van der Waals surface area contributed by atoms with Gasteiger partial charge in [-0.1, -0.05) is 13.3 Å². The van der Waals surface area contributed by atoms with Crippen molar-refractivity contribution in [1.29, 1.82) is 0 Å². The molecule has 0 radical (unpaired) electrons. The van der Waals surface area contributed by atoms with Gasteiger partial charge in [-0.05, 0) is 38.3 Å². The lowest BCUT2D eigenvalue weighted by Crippen LogP contribution is -2.33. The predicted molar refractivity (Wildman–Crippen MR) is 82.1 cm³/mol. The number of amides is 1. The fraction of sp³-hybridized carbons (Fsp3) is 0.625. The molecular weight excluding hydrogens is 250 g/mol. The van der Waals surface area contributed by atoms with Crippen molar-refractivity contribution in [1.82, 2.24) is 9.88 Å². The Morgan fingerprint density at radius 3 is 2.85 bits per heavy atom. The van der Waals surface area contributed by atoms with Crippen LogP contribution in [0.4, 0.5) is 5.82 Å². The summed E-state index contributed by atoms with van der Waals surface area (Å²) >= 11 is 0. The molecule has 20 heavy (non-hydrogen) atoms. The molecular formula is C16H25N3O. The van der Waals surface area contributed by atoms with E-state index >= 15 is 0 Å². The fourth-order valence-corrected chi connectivity index (χ4v) is 2.65. The minimum atomic E-state index is 0.116. The lowest BCUT2D eigenvalue weighted by Gasteiger charge is -2.22. The number of hydrogen-bond acceptors (Lipinski definition) is 3. The van der Waals surface area contributed by atoms with Crippen LogP contribution in [0.5, 0.6) is 0 Å². The summed E-state index contributed by atoms with van der Waals surface area (Å²) in [6.45, 7) is 6.17. The first-order chi connectivity index (χ1) is 9.63. The van der Waals surface area contributed by atoms with E-state index in [2.05, 4.69) is 23.7 Å². The standard InChI is InChI=1S/C16H25N3O/c1-4-5-10-18(3)15-9-8-14(12-17-15)16(20)19-11-6-7-13(19)2/h8-9,12-13H,4-7,10-11H2,1-3H3. The fourth-order valence-electron chi connectivity index (χ4n) is 2.65. The molecule has 1 unspecified atom stereocenters. The van der Waals surface area contributed by atoms with Gasteiger partial charge < -0.3 is 9.80 Å². The monoisotopic (exact) mass is 275 g/mol. The van der Waals surface area contributed by atoms with Crippen molar-refractivity contribution < 1.29 is 4.79 Å². The van der Waals surface area contributed by atoms with Crippen LogP contribution in [0.1, 0.15) is 49.9 Å². The molecule has 110 valence electrons. The van der Waals surface area contributed by atoms with E-state index < -0.39 is 0 Å². The zero-order valence-electron chi connectivity index (χ0n) is 12.8. The number of carbonyl (C=O) groups is 1. The van der Waals surface area contributed by atoms with E-state index in [-0.39, 0.29) is 5.91 Å². The van der Waals surface area contributed by atoms with Crippen molar-refractivity contribution in [3.8, 4) is 0 Å². The van der Waals surface area contributed by atoms with Gasteiger partial charge in [0.2, 0.25) is 0 Å². The highest BCUT2D eigenvalue weighted by molar-refractivity contribution is 5.94. The summed E-state index contributed by atoms with van der Waals surface area (Å²) in [6.07, 6.45) is 6.26. The number of aromatic nitrogens is 1. The Morgan fingerprint density at radius 1 is 1.50 bits per heavy atom. The molecule has 1 fully saturated rings. The van der Waals surface area contributed by atoms with E-state index in [4.69, 9.17) is 0 Å². The molecule has 4 nitrogen and oxygen atoms in total. The predicted octanol–water partition coefficient (Wildman–Crippen LogP) is 2.94. The third kappa shape index (κ3) is 3.30. The van der Waals surface area contributed by atoms with Gasteiger partial charge in [-0.2, -0.15) is 0 Å². The molecule has 0 aliphatic carbocycles. The zero-order chi connectivity index (χ0) is 14.5. The van der Waals surface area contributed by atoms with Gasteiger partial charge in [-0.25, -0.2) is 4.98 Å². The molecule has 0 bridgehead atoms. The maximum Gasteiger partial charge on any atom is 0.255 e. The molecule has 0 spiro atoms. The Labute approximate surface area is 121 Å². The third-order valence-corrected chi connectivity index (χ3v) is 4.05. The first-order valence-electron chi connectivity index (χ1n) is 7.61. The molecule has 2 heterocycles. The van der Waals surface area contributed by atoms with E-state index in [1.807, 2.05) is 24.1 Å². The number of unbranched alkanes of at least 4 members (excludes halogenated alkanes) is 1. The van der Waals surface area contributed by atoms with Crippen LogP contribution in [0.2, 0.25) is 0 Å². The summed E-state index contributed by atoms with van der Waals surface area (Å²) in [7, 11) is 2.04. The molecule has 2 rings (SSSR count). The van der Waals surface area contributed by atoms with E-state index in [0.29, 0.717) is 11.6 Å². The van der Waals surface area contributed by atoms with Crippen LogP contribution in [0.25, 0.3) is 0 Å². The summed E-state index contributed by atoms with van der Waals surface area (Å²) < 4.78 is 0. The Kier molecular flexibility index (Phi) is 4.99. The first kappa shape index (κ1) is 14.8. The Bertz CT molecular complexity index is 444. The van der Waals surface area contributed by atoms with E-state index in [1.54, 1.807) is 6.20 Å². The molecule has 1 amide bonds. The molecule has 1 saturated heterocycles. The molecule has 1 aromatic rings. The van der Waals surface area contributed by atoms with Gasteiger partial charge >= 0.3 is 0 Å². The summed E-state index contributed by atoms with van der Waals surface area (Å²) in [5.41, 5.74) is 0.700. The highest BCUT2D eigenvalue weighted by Gasteiger charge is 2.26. The van der Waals surface area contributed by atoms with Crippen LogP contribution < -0.4 is 4.90 Å². The van der Waals surface area contributed by atoms with Crippen molar-refractivity contribution in [3.05, 3.63) is 23.9 Å². The SMILES string of the molecule is CCCCN(C)c1ccc(C(=O)N2CCCC2C)cn1. The van der Waals surface area contributed by atoms with E-state index in [1.165, 1.54) is 6.42 Å². The Hall–Kier alpha value is -1.58. The Morgan fingerprint density at radius 2 is 2.30 bits per heavy atom. The maximum atomic E-state index is 12.4.